The maximum atomic E-state index is 13.8. The Labute approximate surface area is 606 Å². The van der Waals surface area contributed by atoms with Gasteiger partial charge in [0.15, 0.2) is 18.9 Å². The number of carbonyl (C=O) groups excluding carboxylic acids is 7. The van der Waals surface area contributed by atoms with Crippen LogP contribution >= 0.6 is 0 Å². The number of hydrogen-bond donors (Lipinski definition) is 20. The summed E-state index contributed by atoms with van der Waals surface area (Å²) in [5, 5.41) is 147. The molecular formula is C67H121N7O30. The summed E-state index contributed by atoms with van der Waals surface area (Å²) in [6.45, 7) is -1.22. The minimum Gasteiger partial charge on any atom is -0.481 e. The number of aliphatic hydroxyl groups excluding tert-OH is 12. The lowest BCUT2D eigenvalue weighted by atomic mass is 9.99. The lowest BCUT2D eigenvalue weighted by Crippen LogP contribution is -2.59. The topological polar surface area (TPSA) is 567 Å². The number of carboxylic acid groups (broad SMARTS) is 1. The fraction of sp³-hybridized carbons (Fsp3) is 0.881. The first-order valence-corrected chi connectivity index (χ1v) is 36.6. The molecule has 3 saturated heterocycles. The van der Waals surface area contributed by atoms with Crippen LogP contribution in [0, 0.1) is 0 Å². The van der Waals surface area contributed by atoms with Crippen LogP contribution < -0.4 is 37.2 Å². The van der Waals surface area contributed by atoms with Crippen LogP contribution in [-0.2, 0) is 81.0 Å². The van der Waals surface area contributed by atoms with Crippen LogP contribution in [0.25, 0.3) is 0 Å². The number of nitrogens with one attached hydrogen (secondary N) is 7. The molecule has 3 fully saturated rings. The van der Waals surface area contributed by atoms with Gasteiger partial charge in [-0.15, -0.1) is 0 Å². The molecule has 0 aromatic rings. The molecule has 3 rings (SSSR count). The fourth-order valence-electron chi connectivity index (χ4n) is 11.1. The highest BCUT2D eigenvalue weighted by Gasteiger charge is 2.46. The maximum absolute atomic E-state index is 13.8. The Morgan fingerprint density at radius 1 is 0.288 bits per heavy atom. The molecule has 0 radical (unpaired) electrons. The van der Waals surface area contributed by atoms with Crippen molar-refractivity contribution in [3.63, 3.8) is 0 Å². The van der Waals surface area contributed by atoms with E-state index in [1.807, 2.05) is 0 Å². The third kappa shape index (κ3) is 39.2. The quantitative estimate of drug-likeness (QED) is 0.0253. The van der Waals surface area contributed by atoms with Crippen LogP contribution in [0.3, 0.4) is 0 Å². The van der Waals surface area contributed by atoms with Crippen molar-refractivity contribution in [1.29, 1.82) is 0 Å². The summed E-state index contributed by atoms with van der Waals surface area (Å²) in [4.78, 5) is 101. The Balaban J connectivity index is 1.51. The van der Waals surface area contributed by atoms with E-state index in [2.05, 4.69) is 37.2 Å². The first-order valence-electron chi connectivity index (χ1n) is 36.6. The van der Waals surface area contributed by atoms with Gasteiger partial charge in [0.1, 0.15) is 78.8 Å². The first kappa shape index (κ1) is 93.1. The molecule has 3 aliphatic rings. The zero-order valence-corrected chi connectivity index (χ0v) is 59.8. The second-order valence-corrected chi connectivity index (χ2v) is 26.2. The lowest BCUT2D eigenvalue weighted by Gasteiger charge is -2.39. The first-order chi connectivity index (χ1) is 50.0. The predicted octanol–water partition coefficient (Wildman–Crippen LogP) is -5.13. The number of carboxylic acids is 1. The average molecular weight is 1500 g/mol. The molecule has 0 bridgehead atoms. The van der Waals surface area contributed by atoms with Crippen LogP contribution in [-0.4, -0.2) is 330 Å². The fourth-order valence-corrected chi connectivity index (χ4v) is 11.1. The van der Waals surface area contributed by atoms with Crippen LogP contribution in [0.5, 0.6) is 0 Å². The lowest BCUT2D eigenvalue weighted by molar-refractivity contribution is -0.301. The van der Waals surface area contributed by atoms with Gasteiger partial charge >= 0.3 is 5.97 Å². The van der Waals surface area contributed by atoms with Crippen LogP contribution in [0.2, 0.25) is 0 Å². The molecule has 37 heteroatoms. The van der Waals surface area contributed by atoms with Gasteiger partial charge < -0.3 is 146 Å². The maximum Gasteiger partial charge on any atom is 0.303 e. The van der Waals surface area contributed by atoms with Gasteiger partial charge in [0.25, 0.3) is 0 Å². The molecular weight excluding hydrogens is 1380 g/mol. The summed E-state index contributed by atoms with van der Waals surface area (Å²) >= 11 is 0. The monoisotopic (exact) mass is 1500 g/mol. The Hall–Kier alpha value is -5.08. The van der Waals surface area contributed by atoms with E-state index in [0.717, 1.165) is 38.5 Å². The molecule has 7 amide bonds. The van der Waals surface area contributed by atoms with Crippen molar-refractivity contribution in [2.45, 2.75) is 258 Å². The molecule has 604 valence electrons. The molecule has 0 aliphatic carbocycles. The largest absolute Gasteiger partial charge is 0.481 e. The molecule has 0 aromatic carbocycles. The minimum atomic E-state index is -1.57. The van der Waals surface area contributed by atoms with Crippen LogP contribution in [0.1, 0.15) is 161 Å². The van der Waals surface area contributed by atoms with Crippen molar-refractivity contribution in [2.24, 2.45) is 0 Å². The average Bonchev–Trinajstić information content (AvgIpc) is 0.839. The number of carbonyl (C=O) groups is 8. The Morgan fingerprint density at radius 2 is 0.538 bits per heavy atom. The summed E-state index contributed by atoms with van der Waals surface area (Å²) in [5.74, 6) is -3.04. The highest BCUT2D eigenvalue weighted by Crippen LogP contribution is 2.25. The van der Waals surface area contributed by atoms with Crippen molar-refractivity contribution in [3.05, 3.63) is 0 Å². The molecule has 20 N–H and O–H groups in total. The van der Waals surface area contributed by atoms with Crippen LogP contribution in [0.15, 0.2) is 0 Å². The summed E-state index contributed by atoms with van der Waals surface area (Å²) < 4.78 is 50.5. The molecule has 0 spiro atoms. The van der Waals surface area contributed by atoms with E-state index in [1.54, 1.807) is 0 Å². The molecule has 0 aromatic heterocycles. The van der Waals surface area contributed by atoms with Gasteiger partial charge in [0.05, 0.1) is 59.5 Å². The SMILES string of the molecule is O=C(O)CCCCCCCCCCC(=O)NC(COCCC(=O)NCCCNC(=O)CCCCO[C@@H]1OC(CO)[C@@H](O)C(O)C1O)(COCCC(=O)NCCCNC(=O)CCCCO[C@@H]1OC(CO)[C@@H](O)C(O)C1O)COCCC(=O)NCCCNC(=O)CCCCO[C@@H]1OC(CO)[C@@H](O)C(O)C1O. The Kier molecular flexibility index (Phi) is 49.6. The minimum absolute atomic E-state index is 0.0659. The Morgan fingerprint density at radius 3 is 0.817 bits per heavy atom. The molecule has 15 atom stereocenters. The highest BCUT2D eigenvalue weighted by atomic mass is 16.7. The van der Waals surface area contributed by atoms with Crippen molar-refractivity contribution < 1.29 is 147 Å². The van der Waals surface area contributed by atoms with E-state index in [9.17, 15) is 99.6 Å². The third-order valence-corrected chi connectivity index (χ3v) is 17.3. The van der Waals surface area contributed by atoms with Gasteiger partial charge in [0, 0.05) is 110 Å². The normalized spacial score (nSPS) is 25.3. The molecule has 104 heavy (non-hydrogen) atoms. The summed E-state index contributed by atoms with van der Waals surface area (Å²) in [5.41, 5.74) is -1.41. The number of hydrogen-bond acceptors (Lipinski definition) is 29. The van der Waals surface area contributed by atoms with E-state index in [0.29, 0.717) is 70.6 Å². The van der Waals surface area contributed by atoms with Gasteiger partial charge in [-0.25, -0.2) is 0 Å². The van der Waals surface area contributed by atoms with E-state index in [-0.39, 0.29) is 191 Å². The number of rotatable bonds is 60. The molecule has 9 unspecified atom stereocenters. The van der Waals surface area contributed by atoms with E-state index >= 15 is 0 Å². The second kappa shape index (κ2) is 55.3. The zero-order chi connectivity index (χ0) is 76.5. The summed E-state index contributed by atoms with van der Waals surface area (Å²) in [6.07, 6.45) is -10.7. The molecule has 37 nitrogen and oxygen atoms in total. The van der Waals surface area contributed by atoms with Crippen molar-refractivity contribution in [1.82, 2.24) is 37.2 Å². The number of unbranched alkanes of at least 4 members (excludes halogenated alkanes) is 10. The highest BCUT2D eigenvalue weighted by molar-refractivity contribution is 5.78. The molecule has 3 heterocycles. The molecule has 3 aliphatic heterocycles. The number of amides is 7. The van der Waals surface area contributed by atoms with E-state index < -0.39 is 123 Å². The number of ether oxygens (including phenoxy) is 9. The Bertz CT molecular complexity index is 2180. The van der Waals surface area contributed by atoms with Crippen molar-refractivity contribution >= 4 is 47.3 Å². The van der Waals surface area contributed by atoms with Crippen LogP contribution in [0.4, 0.5) is 0 Å². The van der Waals surface area contributed by atoms with E-state index in [1.165, 1.54) is 0 Å². The second-order valence-electron chi connectivity index (χ2n) is 26.2. The van der Waals surface area contributed by atoms with Gasteiger partial charge in [-0.3, -0.25) is 38.4 Å². The van der Waals surface area contributed by atoms with Crippen molar-refractivity contribution in [3.8, 4) is 0 Å². The summed E-state index contributed by atoms with van der Waals surface area (Å²) in [7, 11) is 0. The van der Waals surface area contributed by atoms with Gasteiger partial charge in [0.2, 0.25) is 41.4 Å². The van der Waals surface area contributed by atoms with Crippen molar-refractivity contribution in [2.75, 3.05) is 119 Å². The number of aliphatic carboxylic acids is 1. The third-order valence-electron chi connectivity index (χ3n) is 17.3. The predicted molar refractivity (Wildman–Crippen MR) is 364 cm³/mol. The zero-order valence-electron chi connectivity index (χ0n) is 59.8. The number of aliphatic hydroxyl groups is 12. The standard InChI is InChI=1S/C67H121N7O30/c75-38-44-55(87)58(90)61(93)64(102-44)99-32-12-9-18-47(78)68-26-15-29-71-50(81)23-35-96-41-67(74-53(84)21-7-5-3-1-2-4-6-8-22-54(85)86,42-97-36-24-51(82)72-30-16-27-69-48(79)19-10-13-33-100-65-62(94)59(91)56(88)45(39-76)103-65)43-98-37-25-52(83)73-31-17-28-70-49(80)20-11-14-34-101-66-63(95)60(92)57(89)46(40-77)104-66/h44-46,55-66,75-77,87-95H,1-43H2,(H,68,78)(H,69,79)(H,70,80)(H,71,81)(H,72,82)(H,73,83)(H,74,84)(H,85,86)/t44?,45?,46?,55-,56-,57-,58?,59?,60?,61?,62?,63?,64-,65-,66-,67?/m1/s1. The summed E-state index contributed by atoms with van der Waals surface area (Å²) in [6, 6.07) is 0. The van der Waals surface area contributed by atoms with E-state index in [4.69, 9.17) is 47.7 Å². The smallest absolute Gasteiger partial charge is 0.303 e. The van der Waals surface area contributed by atoms with Gasteiger partial charge in [-0.05, 0) is 70.6 Å². The van der Waals surface area contributed by atoms with Gasteiger partial charge in [-0.1, -0.05) is 38.5 Å². The van der Waals surface area contributed by atoms with Gasteiger partial charge in [-0.2, -0.15) is 0 Å². The molecule has 0 saturated carbocycles.